The molecule has 0 aliphatic heterocycles. The first-order valence-electron chi connectivity index (χ1n) is 5.80. The van der Waals surface area contributed by atoms with Crippen molar-refractivity contribution in [3.8, 4) is 0 Å². The van der Waals surface area contributed by atoms with Gasteiger partial charge in [0, 0.05) is 25.9 Å². The van der Waals surface area contributed by atoms with Crippen LogP contribution in [0.3, 0.4) is 0 Å². The number of benzene rings is 1. The molecule has 0 atom stereocenters. The number of carbonyl (C=O) groups is 1. The Labute approximate surface area is 116 Å². The maximum absolute atomic E-state index is 11.9. The summed E-state index contributed by atoms with van der Waals surface area (Å²) in [6, 6.07) is 5.18. The number of hydrogen-bond acceptors (Lipinski definition) is 3. The zero-order valence-electron chi connectivity index (χ0n) is 10.8. The highest BCUT2D eigenvalue weighted by molar-refractivity contribution is 6.33. The average Bonchev–Trinajstić information content (AvgIpc) is 2.90. The topological polar surface area (TPSA) is 61.0 Å². The lowest BCUT2D eigenvalue weighted by Crippen LogP contribution is -2.21. The number of rotatable bonds is 4. The lowest BCUT2D eigenvalue weighted by Gasteiger charge is -2.13. The highest BCUT2D eigenvalue weighted by atomic mass is 35.5. The molecule has 1 amide bonds. The van der Waals surface area contributed by atoms with E-state index in [1.807, 2.05) is 0 Å². The van der Waals surface area contributed by atoms with Crippen molar-refractivity contribution in [1.82, 2.24) is 14.9 Å². The Morgan fingerprint density at radius 2 is 2.26 bits per heavy atom. The number of carbonyl (C=O) groups excluding carboxylic acids is 1. The molecule has 0 unspecified atom stereocenters. The number of nitrogens with one attached hydrogen (secondary N) is 2. The summed E-state index contributed by atoms with van der Waals surface area (Å²) in [5.41, 5.74) is 2.27. The number of anilines is 1. The molecule has 0 aliphatic rings. The molecular weight excluding hydrogens is 264 g/mol. The Bertz CT molecular complexity index is 566. The van der Waals surface area contributed by atoms with E-state index in [1.165, 1.54) is 4.90 Å². The molecule has 1 aromatic heterocycles. The molecular formula is C13H15ClN4O. The number of hydrogen-bond donors (Lipinski definition) is 2. The van der Waals surface area contributed by atoms with Crippen LogP contribution in [0.1, 0.15) is 16.1 Å². The Morgan fingerprint density at radius 3 is 2.89 bits per heavy atom. The van der Waals surface area contributed by atoms with Crippen LogP contribution in [0.4, 0.5) is 5.69 Å². The Kier molecular flexibility index (Phi) is 4.06. The van der Waals surface area contributed by atoms with E-state index in [0.29, 0.717) is 17.1 Å². The third-order valence-corrected chi connectivity index (χ3v) is 2.97. The molecule has 0 spiro atoms. The SMILES string of the molecule is CN(C)C(=O)c1ccc(Cl)c(NCc2cnc[nH]2)c1. The normalized spacial score (nSPS) is 10.3. The van der Waals surface area contributed by atoms with Crippen molar-refractivity contribution < 1.29 is 4.79 Å². The number of aromatic nitrogens is 2. The number of H-pyrrole nitrogens is 1. The zero-order valence-corrected chi connectivity index (χ0v) is 11.5. The van der Waals surface area contributed by atoms with Gasteiger partial charge in [0.25, 0.3) is 5.91 Å². The molecule has 19 heavy (non-hydrogen) atoms. The molecule has 0 saturated heterocycles. The molecule has 2 rings (SSSR count). The fourth-order valence-corrected chi connectivity index (χ4v) is 1.81. The van der Waals surface area contributed by atoms with Crippen LogP contribution in [-0.2, 0) is 6.54 Å². The van der Waals surface area contributed by atoms with Gasteiger partial charge in [-0.3, -0.25) is 4.79 Å². The summed E-state index contributed by atoms with van der Waals surface area (Å²) >= 11 is 6.11. The fourth-order valence-electron chi connectivity index (χ4n) is 1.62. The minimum atomic E-state index is -0.0544. The van der Waals surface area contributed by atoms with Crippen LogP contribution < -0.4 is 5.32 Å². The molecule has 100 valence electrons. The second-order valence-electron chi connectivity index (χ2n) is 4.32. The third-order valence-electron chi connectivity index (χ3n) is 2.64. The second kappa shape index (κ2) is 5.75. The highest BCUT2D eigenvalue weighted by Crippen LogP contribution is 2.24. The molecule has 1 aromatic carbocycles. The largest absolute Gasteiger partial charge is 0.378 e. The van der Waals surface area contributed by atoms with Gasteiger partial charge in [0.1, 0.15) is 0 Å². The molecule has 6 heteroatoms. The summed E-state index contributed by atoms with van der Waals surface area (Å²) in [4.78, 5) is 20.3. The van der Waals surface area contributed by atoms with Crippen molar-refractivity contribution in [2.75, 3.05) is 19.4 Å². The zero-order chi connectivity index (χ0) is 13.8. The van der Waals surface area contributed by atoms with Crippen LogP contribution in [0.15, 0.2) is 30.7 Å². The van der Waals surface area contributed by atoms with Gasteiger partial charge in [0.15, 0.2) is 0 Å². The van der Waals surface area contributed by atoms with Crippen LogP contribution in [0.5, 0.6) is 0 Å². The van der Waals surface area contributed by atoms with Crippen molar-refractivity contribution in [3.63, 3.8) is 0 Å². The first-order valence-corrected chi connectivity index (χ1v) is 6.18. The van der Waals surface area contributed by atoms with Crippen molar-refractivity contribution in [1.29, 1.82) is 0 Å². The maximum atomic E-state index is 11.9. The van der Waals surface area contributed by atoms with Crippen LogP contribution in [-0.4, -0.2) is 34.9 Å². The molecule has 2 aromatic rings. The predicted octanol–water partition coefficient (Wildman–Crippen LogP) is 2.38. The Morgan fingerprint density at radius 1 is 1.47 bits per heavy atom. The van der Waals surface area contributed by atoms with Gasteiger partial charge in [-0.1, -0.05) is 11.6 Å². The number of imidazole rings is 1. The molecule has 1 heterocycles. The van der Waals surface area contributed by atoms with Crippen molar-refractivity contribution in [3.05, 3.63) is 47.0 Å². The predicted molar refractivity (Wildman–Crippen MR) is 75.4 cm³/mol. The van der Waals surface area contributed by atoms with Crippen molar-refractivity contribution >= 4 is 23.2 Å². The van der Waals surface area contributed by atoms with E-state index in [9.17, 15) is 4.79 Å². The first-order chi connectivity index (χ1) is 9.08. The van der Waals surface area contributed by atoms with Crippen LogP contribution in [0.2, 0.25) is 5.02 Å². The van der Waals surface area contributed by atoms with Crippen LogP contribution in [0, 0.1) is 0 Å². The van der Waals surface area contributed by atoms with Gasteiger partial charge in [-0.15, -0.1) is 0 Å². The first kappa shape index (κ1) is 13.4. The smallest absolute Gasteiger partial charge is 0.253 e. The minimum absolute atomic E-state index is 0.0544. The van der Waals surface area contributed by atoms with E-state index in [4.69, 9.17) is 11.6 Å². The summed E-state index contributed by atoms with van der Waals surface area (Å²) in [5.74, 6) is -0.0544. The molecule has 0 radical (unpaired) electrons. The van der Waals surface area contributed by atoms with E-state index >= 15 is 0 Å². The summed E-state index contributed by atoms with van der Waals surface area (Å²) in [6.07, 6.45) is 3.35. The molecule has 2 N–H and O–H groups in total. The third kappa shape index (κ3) is 3.26. The summed E-state index contributed by atoms with van der Waals surface area (Å²) in [7, 11) is 3.43. The number of nitrogens with zero attached hydrogens (tertiary/aromatic N) is 2. The quantitative estimate of drug-likeness (QED) is 0.903. The average molecular weight is 279 g/mol. The van der Waals surface area contributed by atoms with E-state index in [-0.39, 0.29) is 5.91 Å². The molecule has 0 fully saturated rings. The lowest BCUT2D eigenvalue weighted by molar-refractivity contribution is 0.0827. The molecule has 0 saturated carbocycles. The Hall–Kier alpha value is -2.01. The second-order valence-corrected chi connectivity index (χ2v) is 4.73. The highest BCUT2D eigenvalue weighted by Gasteiger charge is 2.10. The Balaban J connectivity index is 2.15. The van der Waals surface area contributed by atoms with E-state index in [0.717, 1.165) is 11.4 Å². The lowest BCUT2D eigenvalue weighted by atomic mass is 10.1. The standard InChI is InChI=1S/C13H15ClN4O/c1-18(2)13(19)9-3-4-11(14)12(5-9)16-7-10-6-15-8-17-10/h3-6,8,16H,7H2,1-2H3,(H,15,17). The number of halogens is 1. The van der Waals surface area contributed by atoms with Gasteiger partial charge in [-0.25, -0.2) is 4.98 Å². The van der Waals surface area contributed by atoms with Crippen LogP contribution >= 0.6 is 11.6 Å². The summed E-state index contributed by atoms with van der Waals surface area (Å²) in [5, 5.41) is 3.75. The van der Waals surface area contributed by atoms with Crippen molar-refractivity contribution in [2.45, 2.75) is 6.54 Å². The number of aromatic amines is 1. The minimum Gasteiger partial charge on any atom is -0.378 e. The van der Waals surface area contributed by atoms with Gasteiger partial charge in [-0.2, -0.15) is 0 Å². The maximum Gasteiger partial charge on any atom is 0.253 e. The molecule has 0 bridgehead atoms. The monoisotopic (exact) mass is 278 g/mol. The summed E-state index contributed by atoms with van der Waals surface area (Å²) in [6.45, 7) is 0.569. The van der Waals surface area contributed by atoms with Gasteiger partial charge in [0.2, 0.25) is 0 Å². The van der Waals surface area contributed by atoms with E-state index in [2.05, 4.69) is 15.3 Å². The fraction of sp³-hybridized carbons (Fsp3) is 0.231. The van der Waals surface area contributed by atoms with E-state index in [1.54, 1.807) is 44.8 Å². The van der Waals surface area contributed by atoms with Gasteiger partial charge >= 0.3 is 0 Å². The van der Waals surface area contributed by atoms with Crippen LogP contribution in [0.25, 0.3) is 0 Å². The molecule has 0 aliphatic carbocycles. The van der Waals surface area contributed by atoms with Crippen molar-refractivity contribution in [2.24, 2.45) is 0 Å². The van der Waals surface area contributed by atoms with Gasteiger partial charge in [-0.05, 0) is 18.2 Å². The molecule has 5 nitrogen and oxygen atoms in total. The summed E-state index contributed by atoms with van der Waals surface area (Å²) < 4.78 is 0. The van der Waals surface area contributed by atoms with Gasteiger partial charge in [0.05, 0.1) is 29.3 Å². The number of amides is 1. The van der Waals surface area contributed by atoms with Gasteiger partial charge < -0.3 is 15.2 Å². The van der Waals surface area contributed by atoms with E-state index < -0.39 is 0 Å².